The Labute approximate surface area is 147 Å². The molecule has 2 aliphatic rings. The Morgan fingerprint density at radius 2 is 2.24 bits per heavy atom. The highest BCUT2D eigenvalue weighted by molar-refractivity contribution is 5.91. The number of rotatable bonds is 4. The van der Waals surface area contributed by atoms with E-state index in [0.717, 1.165) is 0 Å². The van der Waals surface area contributed by atoms with Gasteiger partial charge in [0, 0.05) is 11.6 Å². The van der Waals surface area contributed by atoms with Crippen molar-refractivity contribution in [1.82, 2.24) is 4.90 Å². The first kappa shape index (κ1) is 17.3. The number of nitriles is 1. The molecule has 0 bridgehead atoms. The summed E-state index contributed by atoms with van der Waals surface area (Å²) in [4.78, 5) is 14.1. The molecule has 6 heteroatoms. The summed E-state index contributed by atoms with van der Waals surface area (Å²) in [5, 5.41) is 20.2. The lowest BCUT2D eigenvalue weighted by Gasteiger charge is -2.46. The standard InChI is InChI=1S/C19H22N2O4/c1-4-19(3)18(23)17(21-11-13(24-5-2)9-16(21)22)14-8-12(10-20)6-7-15(14)25-19/h6-9,17-18,23H,4-5,11H2,1-3H3/t17?,18-,19+/m1/s1. The van der Waals surface area contributed by atoms with Gasteiger partial charge in [0.25, 0.3) is 5.91 Å². The molecule has 1 amide bonds. The third kappa shape index (κ3) is 2.85. The monoisotopic (exact) mass is 342 g/mol. The number of carbonyl (C=O) groups excluding carboxylic acids is 1. The Kier molecular flexibility index (Phi) is 4.44. The number of fused-ring (bicyclic) bond motifs is 1. The van der Waals surface area contributed by atoms with Crippen LogP contribution in [0.25, 0.3) is 0 Å². The van der Waals surface area contributed by atoms with E-state index in [1.54, 1.807) is 23.1 Å². The smallest absolute Gasteiger partial charge is 0.251 e. The van der Waals surface area contributed by atoms with Gasteiger partial charge in [-0.05, 0) is 38.5 Å². The second kappa shape index (κ2) is 6.41. The number of carbonyl (C=O) groups is 1. The van der Waals surface area contributed by atoms with Crippen LogP contribution in [0.5, 0.6) is 5.75 Å². The van der Waals surface area contributed by atoms with Gasteiger partial charge < -0.3 is 19.5 Å². The molecule has 6 nitrogen and oxygen atoms in total. The van der Waals surface area contributed by atoms with Crippen molar-refractivity contribution in [3.8, 4) is 11.8 Å². The first-order valence-corrected chi connectivity index (χ1v) is 8.48. The van der Waals surface area contributed by atoms with Crippen molar-refractivity contribution in [1.29, 1.82) is 5.26 Å². The maximum Gasteiger partial charge on any atom is 0.251 e. The van der Waals surface area contributed by atoms with Crippen molar-refractivity contribution in [2.24, 2.45) is 0 Å². The van der Waals surface area contributed by atoms with Crippen molar-refractivity contribution in [2.45, 2.75) is 44.9 Å². The Bertz CT molecular complexity index is 767. The van der Waals surface area contributed by atoms with Gasteiger partial charge >= 0.3 is 0 Å². The lowest BCUT2D eigenvalue weighted by Crippen LogP contribution is -2.55. The molecule has 3 atom stereocenters. The number of amides is 1. The molecule has 132 valence electrons. The van der Waals surface area contributed by atoms with E-state index in [0.29, 0.717) is 42.2 Å². The number of nitrogens with zero attached hydrogens (tertiary/aromatic N) is 2. The minimum atomic E-state index is -0.919. The molecule has 0 saturated heterocycles. The molecule has 2 aliphatic heterocycles. The largest absolute Gasteiger partial charge is 0.496 e. The van der Waals surface area contributed by atoms with E-state index < -0.39 is 17.7 Å². The maximum atomic E-state index is 12.5. The number of aliphatic hydroxyl groups is 1. The summed E-state index contributed by atoms with van der Waals surface area (Å²) >= 11 is 0. The summed E-state index contributed by atoms with van der Waals surface area (Å²) in [6, 6.07) is 6.60. The van der Waals surface area contributed by atoms with Gasteiger partial charge in [-0.1, -0.05) is 6.92 Å². The van der Waals surface area contributed by atoms with E-state index in [9.17, 15) is 15.2 Å². The van der Waals surface area contributed by atoms with Crippen molar-refractivity contribution in [3.05, 3.63) is 41.2 Å². The maximum absolute atomic E-state index is 12.5. The molecule has 1 N–H and O–H groups in total. The molecule has 25 heavy (non-hydrogen) atoms. The van der Waals surface area contributed by atoms with Crippen LogP contribution in [0.4, 0.5) is 0 Å². The van der Waals surface area contributed by atoms with Crippen LogP contribution in [0, 0.1) is 11.3 Å². The summed E-state index contributed by atoms with van der Waals surface area (Å²) < 4.78 is 11.5. The lowest BCUT2D eigenvalue weighted by molar-refractivity contribution is -0.139. The molecule has 1 aromatic rings. The van der Waals surface area contributed by atoms with Crippen LogP contribution < -0.4 is 4.74 Å². The van der Waals surface area contributed by atoms with Crippen LogP contribution in [0.15, 0.2) is 30.0 Å². The first-order chi connectivity index (χ1) is 11.9. The molecule has 0 spiro atoms. The molecular weight excluding hydrogens is 320 g/mol. The van der Waals surface area contributed by atoms with Gasteiger partial charge in [-0.25, -0.2) is 0 Å². The number of hydrogen-bond donors (Lipinski definition) is 1. The zero-order valence-electron chi connectivity index (χ0n) is 14.7. The average molecular weight is 342 g/mol. The van der Waals surface area contributed by atoms with Crippen LogP contribution in [-0.2, 0) is 9.53 Å². The fourth-order valence-corrected chi connectivity index (χ4v) is 3.40. The highest BCUT2D eigenvalue weighted by Crippen LogP contribution is 2.45. The molecule has 0 aromatic heterocycles. The molecule has 1 unspecified atom stereocenters. The normalized spacial score (nSPS) is 28.0. The van der Waals surface area contributed by atoms with Crippen LogP contribution in [0.2, 0.25) is 0 Å². The molecule has 0 saturated carbocycles. The second-order valence-electron chi connectivity index (χ2n) is 6.53. The molecular formula is C19H22N2O4. The minimum absolute atomic E-state index is 0.207. The third-order valence-electron chi connectivity index (χ3n) is 4.99. The molecule has 0 fully saturated rings. The van der Waals surface area contributed by atoms with Gasteiger partial charge in [-0.3, -0.25) is 4.79 Å². The van der Waals surface area contributed by atoms with Crippen molar-refractivity contribution in [3.63, 3.8) is 0 Å². The van der Waals surface area contributed by atoms with Crippen LogP contribution in [-0.4, -0.2) is 40.8 Å². The lowest BCUT2D eigenvalue weighted by atomic mass is 9.82. The zero-order chi connectivity index (χ0) is 18.2. The average Bonchev–Trinajstić information content (AvgIpc) is 2.96. The Hall–Kier alpha value is -2.52. The van der Waals surface area contributed by atoms with E-state index >= 15 is 0 Å². The van der Waals surface area contributed by atoms with Crippen molar-refractivity contribution in [2.75, 3.05) is 13.2 Å². The third-order valence-corrected chi connectivity index (χ3v) is 4.99. The van der Waals surface area contributed by atoms with Gasteiger partial charge in [0.2, 0.25) is 0 Å². The van der Waals surface area contributed by atoms with Crippen molar-refractivity contribution >= 4 is 5.91 Å². The Morgan fingerprint density at radius 3 is 2.88 bits per heavy atom. The summed E-state index contributed by atoms with van der Waals surface area (Å²) in [5.41, 5.74) is 0.293. The van der Waals surface area contributed by atoms with Gasteiger partial charge in [-0.15, -0.1) is 0 Å². The first-order valence-electron chi connectivity index (χ1n) is 8.48. The van der Waals surface area contributed by atoms with Crippen molar-refractivity contribution < 1.29 is 19.4 Å². The molecule has 3 rings (SSSR count). The number of aliphatic hydroxyl groups excluding tert-OH is 1. The topological polar surface area (TPSA) is 82.8 Å². The van der Waals surface area contributed by atoms with Gasteiger partial charge in [-0.2, -0.15) is 5.26 Å². The molecule has 2 heterocycles. The summed E-state index contributed by atoms with van der Waals surface area (Å²) in [6.07, 6.45) is 1.12. The molecule has 0 aliphatic carbocycles. The van der Waals surface area contributed by atoms with Crippen LogP contribution >= 0.6 is 0 Å². The predicted octanol–water partition coefficient (Wildman–Crippen LogP) is 2.28. The Balaban J connectivity index is 2.05. The van der Waals surface area contributed by atoms with E-state index in [2.05, 4.69) is 6.07 Å². The summed E-state index contributed by atoms with van der Waals surface area (Å²) in [7, 11) is 0. The minimum Gasteiger partial charge on any atom is -0.496 e. The molecule has 1 aromatic carbocycles. The zero-order valence-corrected chi connectivity index (χ0v) is 14.7. The number of benzene rings is 1. The van der Waals surface area contributed by atoms with Crippen LogP contribution in [0.1, 0.15) is 44.4 Å². The number of hydrogen-bond acceptors (Lipinski definition) is 5. The van der Waals surface area contributed by atoms with Gasteiger partial charge in [0.15, 0.2) is 0 Å². The van der Waals surface area contributed by atoms with Crippen LogP contribution in [0.3, 0.4) is 0 Å². The molecule has 0 radical (unpaired) electrons. The van der Waals surface area contributed by atoms with Gasteiger partial charge in [0.1, 0.15) is 23.2 Å². The number of ether oxygens (including phenoxy) is 2. The highest BCUT2D eigenvalue weighted by atomic mass is 16.5. The van der Waals surface area contributed by atoms with E-state index in [-0.39, 0.29) is 5.91 Å². The second-order valence-corrected chi connectivity index (χ2v) is 6.53. The Morgan fingerprint density at radius 1 is 1.48 bits per heavy atom. The van der Waals surface area contributed by atoms with Gasteiger partial charge in [0.05, 0.1) is 30.8 Å². The predicted molar refractivity (Wildman–Crippen MR) is 90.7 cm³/mol. The van der Waals surface area contributed by atoms with E-state index in [4.69, 9.17) is 9.47 Å². The summed E-state index contributed by atoms with van der Waals surface area (Å²) in [6.45, 7) is 6.41. The van der Waals surface area contributed by atoms with E-state index in [1.807, 2.05) is 20.8 Å². The summed E-state index contributed by atoms with van der Waals surface area (Å²) in [5.74, 6) is 0.972. The highest BCUT2D eigenvalue weighted by Gasteiger charge is 2.49. The SMILES string of the molecule is CCOC1=CC(=O)N(C2c3cc(C#N)ccc3O[C@@](C)(CC)[C@@H]2O)C1. The van der Waals surface area contributed by atoms with E-state index in [1.165, 1.54) is 6.08 Å². The fourth-order valence-electron chi connectivity index (χ4n) is 3.40. The quantitative estimate of drug-likeness (QED) is 0.908. The fraction of sp³-hybridized carbons (Fsp3) is 0.474.